The Labute approximate surface area is 149 Å². The van der Waals surface area contributed by atoms with Crippen LogP contribution in [0.4, 0.5) is 0 Å². The highest BCUT2D eigenvalue weighted by atomic mass is 32.2. The van der Waals surface area contributed by atoms with Crippen LogP contribution in [0.25, 0.3) is 10.2 Å². The van der Waals surface area contributed by atoms with E-state index in [0.717, 1.165) is 41.4 Å². The van der Waals surface area contributed by atoms with Crippen LogP contribution in [0.15, 0.2) is 58.9 Å². The minimum absolute atomic E-state index is 0.211. The highest BCUT2D eigenvalue weighted by molar-refractivity contribution is 8.02. The summed E-state index contributed by atoms with van der Waals surface area (Å²) in [5.74, 6) is 0.211. The van der Waals surface area contributed by atoms with E-state index in [0.29, 0.717) is 0 Å². The lowest BCUT2D eigenvalue weighted by atomic mass is 10.1. The van der Waals surface area contributed by atoms with Gasteiger partial charge < -0.3 is 4.90 Å². The molecule has 1 aliphatic heterocycles. The van der Waals surface area contributed by atoms with Crippen molar-refractivity contribution in [2.24, 2.45) is 0 Å². The quantitative estimate of drug-likeness (QED) is 0.634. The standard InChI is InChI=1S/C19H18N2OS2/c22-18(21-12-6-7-13-21)17(14-8-2-1-3-9-14)24-19-20-15-10-4-5-11-16(15)23-19/h1-5,8-11,17H,6-7,12-13H2. The number of thioether (sulfide) groups is 1. The van der Waals surface area contributed by atoms with Crippen LogP contribution in [0, 0.1) is 0 Å². The molecule has 1 amide bonds. The summed E-state index contributed by atoms with van der Waals surface area (Å²) in [6, 6.07) is 18.2. The molecule has 0 spiro atoms. The van der Waals surface area contributed by atoms with Crippen LogP contribution in [0.2, 0.25) is 0 Å². The highest BCUT2D eigenvalue weighted by Gasteiger charge is 2.29. The number of fused-ring (bicyclic) bond motifs is 1. The molecule has 3 nitrogen and oxygen atoms in total. The summed E-state index contributed by atoms with van der Waals surface area (Å²) in [5.41, 5.74) is 2.06. The van der Waals surface area contributed by atoms with Gasteiger partial charge in [-0.3, -0.25) is 4.79 Å². The minimum Gasteiger partial charge on any atom is -0.341 e. The summed E-state index contributed by atoms with van der Waals surface area (Å²) in [7, 11) is 0. The van der Waals surface area contributed by atoms with Crippen LogP contribution in [0.1, 0.15) is 23.7 Å². The van der Waals surface area contributed by atoms with Crippen molar-refractivity contribution < 1.29 is 4.79 Å². The minimum atomic E-state index is -0.218. The zero-order valence-corrected chi connectivity index (χ0v) is 14.9. The number of carbonyl (C=O) groups is 1. The van der Waals surface area contributed by atoms with E-state index >= 15 is 0 Å². The molecule has 24 heavy (non-hydrogen) atoms. The zero-order chi connectivity index (χ0) is 16.4. The maximum absolute atomic E-state index is 13.0. The van der Waals surface area contributed by atoms with Crippen molar-refractivity contribution in [1.29, 1.82) is 0 Å². The average molecular weight is 355 g/mol. The largest absolute Gasteiger partial charge is 0.341 e. The molecule has 2 aromatic carbocycles. The number of carbonyl (C=O) groups excluding carboxylic acids is 1. The molecule has 1 fully saturated rings. The molecule has 0 bridgehead atoms. The molecule has 1 saturated heterocycles. The molecule has 0 aliphatic carbocycles. The number of aromatic nitrogens is 1. The third-order valence-corrected chi connectivity index (χ3v) is 6.61. The van der Waals surface area contributed by atoms with Crippen LogP contribution >= 0.6 is 23.1 Å². The molecule has 3 aromatic rings. The van der Waals surface area contributed by atoms with Gasteiger partial charge in [-0.05, 0) is 30.5 Å². The van der Waals surface area contributed by atoms with E-state index in [1.807, 2.05) is 53.4 Å². The van der Waals surface area contributed by atoms with E-state index in [-0.39, 0.29) is 11.2 Å². The summed E-state index contributed by atoms with van der Waals surface area (Å²) in [6.45, 7) is 1.76. The van der Waals surface area contributed by atoms with Crippen molar-refractivity contribution >= 4 is 39.2 Å². The number of para-hydroxylation sites is 1. The first-order chi connectivity index (χ1) is 11.8. The van der Waals surface area contributed by atoms with Gasteiger partial charge in [0, 0.05) is 13.1 Å². The predicted octanol–water partition coefficient (Wildman–Crippen LogP) is 4.75. The SMILES string of the molecule is O=C(C(Sc1nc2ccccc2s1)c1ccccc1)N1CCCC1. The highest BCUT2D eigenvalue weighted by Crippen LogP contribution is 2.40. The normalized spacial score (nSPS) is 15.8. The summed E-state index contributed by atoms with van der Waals surface area (Å²) in [6.07, 6.45) is 2.22. The van der Waals surface area contributed by atoms with E-state index in [1.165, 1.54) is 4.70 Å². The molecular weight excluding hydrogens is 336 g/mol. The van der Waals surface area contributed by atoms with Crippen LogP contribution < -0.4 is 0 Å². The van der Waals surface area contributed by atoms with Crippen LogP contribution in [-0.4, -0.2) is 28.9 Å². The molecule has 1 aliphatic rings. The summed E-state index contributed by atoms with van der Waals surface area (Å²) < 4.78 is 2.12. The van der Waals surface area contributed by atoms with E-state index in [1.54, 1.807) is 23.1 Å². The topological polar surface area (TPSA) is 33.2 Å². The predicted molar refractivity (Wildman–Crippen MR) is 100 cm³/mol. The lowest BCUT2D eigenvalue weighted by Gasteiger charge is -2.22. The Kier molecular flexibility index (Phi) is 4.54. The Morgan fingerprint density at radius 3 is 2.50 bits per heavy atom. The number of nitrogens with zero attached hydrogens (tertiary/aromatic N) is 2. The van der Waals surface area contributed by atoms with Gasteiger partial charge in [0.25, 0.3) is 0 Å². The van der Waals surface area contributed by atoms with Crippen molar-refractivity contribution in [3.05, 3.63) is 60.2 Å². The molecule has 122 valence electrons. The Morgan fingerprint density at radius 1 is 1.04 bits per heavy atom. The molecular formula is C19H18N2OS2. The van der Waals surface area contributed by atoms with Gasteiger partial charge in [0.2, 0.25) is 5.91 Å². The summed E-state index contributed by atoms with van der Waals surface area (Å²) in [5, 5.41) is -0.218. The molecule has 2 heterocycles. The van der Waals surface area contributed by atoms with Crippen molar-refractivity contribution in [2.45, 2.75) is 22.4 Å². The number of thiazole rings is 1. The monoisotopic (exact) mass is 354 g/mol. The summed E-state index contributed by atoms with van der Waals surface area (Å²) in [4.78, 5) is 19.7. The number of likely N-dealkylation sites (tertiary alicyclic amines) is 1. The second kappa shape index (κ2) is 6.95. The average Bonchev–Trinajstić information content (AvgIpc) is 3.29. The van der Waals surface area contributed by atoms with Crippen LogP contribution in [-0.2, 0) is 4.79 Å². The molecule has 1 atom stereocenters. The van der Waals surface area contributed by atoms with Gasteiger partial charge in [0.05, 0.1) is 10.2 Å². The van der Waals surface area contributed by atoms with Gasteiger partial charge in [-0.2, -0.15) is 0 Å². The first-order valence-electron chi connectivity index (χ1n) is 8.17. The van der Waals surface area contributed by atoms with Crippen molar-refractivity contribution in [1.82, 2.24) is 9.88 Å². The van der Waals surface area contributed by atoms with Gasteiger partial charge in [0.1, 0.15) is 5.25 Å². The van der Waals surface area contributed by atoms with Crippen molar-refractivity contribution in [3.63, 3.8) is 0 Å². The number of benzene rings is 2. The molecule has 1 aromatic heterocycles. The van der Waals surface area contributed by atoms with Gasteiger partial charge in [-0.25, -0.2) is 4.98 Å². The first-order valence-corrected chi connectivity index (χ1v) is 9.87. The maximum atomic E-state index is 13.0. The Balaban J connectivity index is 1.65. The fraction of sp³-hybridized carbons (Fsp3) is 0.263. The van der Waals surface area contributed by atoms with E-state index < -0.39 is 0 Å². The lowest BCUT2D eigenvalue weighted by molar-refractivity contribution is -0.129. The Morgan fingerprint density at radius 2 is 1.75 bits per heavy atom. The van der Waals surface area contributed by atoms with Gasteiger partial charge in [0.15, 0.2) is 4.34 Å². The number of rotatable bonds is 4. The molecule has 5 heteroatoms. The fourth-order valence-corrected chi connectivity index (χ4v) is 5.34. The van der Waals surface area contributed by atoms with Crippen molar-refractivity contribution in [2.75, 3.05) is 13.1 Å². The molecule has 1 unspecified atom stereocenters. The molecule has 0 radical (unpaired) electrons. The summed E-state index contributed by atoms with van der Waals surface area (Å²) >= 11 is 3.24. The van der Waals surface area contributed by atoms with Gasteiger partial charge in [-0.15, -0.1) is 11.3 Å². The number of hydrogen-bond acceptors (Lipinski definition) is 4. The second-order valence-electron chi connectivity index (χ2n) is 5.89. The van der Waals surface area contributed by atoms with E-state index in [2.05, 4.69) is 6.07 Å². The first kappa shape index (κ1) is 15.7. The number of hydrogen-bond donors (Lipinski definition) is 0. The van der Waals surface area contributed by atoms with Crippen molar-refractivity contribution in [3.8, 4) is 0 Å². The Hall–Kier alpha value is -1.85. The van der Waals surface area contributed by atoms with Gasteiger partial charge in [-0.1, -0.05) is 54.2 Å². The third-order valence-electron chi connectivity index (χ3n) is 4.24. The second-order valence-corrected chi connectivity index (χ2v) is 8.27. The van der Waals surface area contributed by atoms with Gasteiger partial charge >= 0.3 is 0 Å². The molecule has 0 N–H and O–H groups in total. The van der Waals surface area contributed by atoms with Crippen LogP contribution in [0.5, 0.6) is 0 Å². The zero-order valence-electron chi connectivity index (χ0n) is 13.2. The number of amides is 1. The lowest BCUT2D eigenvalue weighted by Crippen LogP contribution is -2.31. The maximum Gasteiger partial charge on any atom is 0.240 e. The third kappa shape index (κ3) is 3.19. The molecule has 4 rings (SSSR count). The van der Waals surface area contributed by atoms with E-state index in [4.69, 9.17) is 4.98 Å². The Bertz CT molecular complexity index is 808. The smallest absolute Gasteiger partial charge is 0.240 e. The fourth-order valence-electron chi connectivity index (χ4n) is 2.99. The molecule has 0 saturated carbocycles. The van der Waals surface area contributed by atoms with Crippen LogP contribution in [0.3, 0.4) is 0 Å². The van der Waals surface area contributed by atoms with E-state index in [9.17, 15) is 4.79 Å².